The average Bonchev–Trinajstić information content (AvgIpc) is 2.91. The number of nitriles is 1. The number of aryl methyl sites for hydroxylation is 2. The molecular formula is C22H21ClN4O. The summed E-state index contributed by atoms with van der Waals surface area (Å²) in [6.45, 7) is 3.84. The van der Waals surface area contributed by atoms with Gasteiger partial charge >= 0.3 is 0 Å². The van der Waals surface area contributed by atoms with Gasteiger partial charge in [-0.25, -0.2) is 0 Å². The Kier molecular flexibility index (Phi) is 5.81. The highest BCUT2D eigenvalue weighted by Crippen LogP contribution is 2.31. The first-order valence-electron chi connectivity index (χ1n) is 8.93. The Morgan fingerprint density at radius 2 is 1.96 bits per heavy atom. The zero-order chi connectivity index (χ0) is 20.3. The first kappa shape index (κ1) is 19.7. The van der Waals surface area contributed by atoms with Gasteiger partial charge < -0.3 is 5.32 Å². The lowest BCUT2D eigenvalue weighted by atomic mass is 9.92. The quantitative estimate of drug-likeness (QED) is 0.693. The van der Waals surface area contributed by atoms with Crippen molar-refractivity contribution in [2.45, 2.75) is 26.2 Å². The molecule has 2 aromatic carbocycles. The SMILES string of the molecule is Cc1nn(C)c(C)c1CC(=O)Nc1ccc(C(C#N)c2ccccc2)c(Cl)c1. The van der Waals surface area contributed by atoms with Gasteiger partial charge in [-0.15, -0.1) is 0 Å². The van der Waals surface area contributed by atoms with Gasteiger partial charge in [-0.3, -0.25) is 9.48 Å². The summed E-state index contributed by atoms with van der Waals surface area (Å²) < 4.78 is 1.77. The number of hydrogen-bond acceptors (Lipinski definition) is 3. The van der Waals surface area contributed by atoms with Crippen LogP contribution in [0.4, 0.5) is 5.69 Å². The molecule has 0 bridgehead atoms. The first-order valence-corrected chi connectivity index (χ1v) is 9.31. The van der Waals surface area contributed by atoms with Crippen LogP contribution in [0.25, 0.3) is 0 Å². The molecule has 0 aliphatic heterocycles. The zero-order valence-corrected chi connectivity index (χ0v) is 16.8. The molecule has 1 N–H and O–H groups in total. The van der Waals surface area contributed by atoms with E-state index in [9.17, 15) is 10.1 Å². The summed E-state index contributed by atoms with van der Waals surface area (Å²) in [5.41, 5.74) is 4.95. The summed E-state index contributed by atoms with van der Waals surface area (Å²) in [5, 5.41) is 17.3. The Morgan fingerprint density at radius 1 is 1.25 bits per heavy atom. The predicted molar refractivity (Wildman–Crippen MR) is 110 cm³/mol. The monoisotopic (exact) mass is 392 g/mol. The molecule has 6 heteroatoms. The van der Waals surface area contributed by atoms with Crippen molar-refractivity contribution in [3.63, 3.8) is 0 Å². The molecule has 28 heavy (non-hydrogen) atoms. The number of halogens is 1. The maximum atomic E-state index is 12.5. The number of carbonyl (C=O) groups excluding carboxylic acids is 1. The number of benzene rings is 2. The van der Waals surface area contributed by atoms with Gasteiger partial charge in [0.1, 0.15) is 0 Å². The normalized spacial score (nSPS) is 11.7. The van der Waals surface area contributed by atoms with Gasteiger partial charge in [0, 0.05) is 29.0 Å². The number of amides is 1. The molecule has 3 aromatic rings. The van der Waals surface area contributed by atoms with Gasteiger partial charge in [0.2, 0.25) is 5.91 Å². The van der Waals surface area contributed by atoms with Crippen molar-refractivity contribution in [1.82, 2.24) is 9.78 Å². The van der Waals surface area contributed by atoms with E-state index in [0.717, 1.165) is 22.5 Å². The van der Waals surface area contributed by atoms with E-state index in [1.165, 1.54) is 0 Å². The van der Waals surface area contributed by atoms with Crippen LogP contribution >= 0.6 is 11.6 Å². The minimum Gasteiger partial charge on any atom is -0.326 e. The van der Waals surface area contributed by atoms with Crippen LogP contribution in [0.15, 0.2) is 48.5 Å². The molecule has 0 aliphatic rings. The predicted octanol–water partition coefficient (Wildman–Crippen LogP) is 4.53. The third kappa shape index (κ3) is 4.08. The molecule has 0 saturated heterocycles. The van der Waals surface area contributed by atoms with Gasteiger partial charge in [-0.2, -0.15) is 10.4 Å². The first-order chi connectivity index (χ1) is 13.4. The van der Waals surface area contributed by atoms with Crippen LogP contribution in [0.3, 0.4) is 0 Å². The molecule has 0 spiro atoms. The molecule has 0 fully saturated rings. The van der Waals surface area contributed by atoms with Crippen LogP contribution in [-0.2, 0) is 18.3 Å². The van der Waals surface area contributed by atoms with E-state index in [1.807, 2.05) is 51.2 Å². The van der Waals surface area contributed by atoms with Gasteiger partial charge in [0.25, 0.3) is 0 Å². The maximum Gasteiger partial charge on any atom is 0.228 e. The second-order valence-corrected chi connectivity index (χ2v) is 7.11. The molecule has 0 aliphatic carbocycles. The molecule has 1 aromatic heterocycles. The number of rotatable bonds is 5. The largest absolute Gasteiger partial charge is 0.326 e. The Labute approximate surface area is 169 Å². The Hall–Kier alpha value is -3.10. The van der Waals surface area contributed by atoms with Crippen molar-refractivity contribution in [3.05, 3.63) is 81.6 Å². The molecule has 3 rings (SSSR count). The molecule has 1 unspecified atom stereocenters. The van der Waals surface area contributed by atoms with Crippen LogP contribution in [0.1, 0.15) is 34.0 Å². The highest BCUT2D eigenvalue weighted by molar-refractivity contribution is 6.31. The third-order valence-electron chi connectivity index (χ3n) is 4.85. The second-order valence-electron chi connectivity index (χ2n) is 6.71. The Bertz CT molecular complexity index is 1050. The number of anilines is 1. The summed E-state index contributed by atoms with van der Waals surface area (Å²) in [5.74, 6) is -0.595. The van der Waals surface area contributed by atoms with Gasteiger partial charge in [-0.1, -0.05) is 48.0 Å². The maximum absolute atomic E-state index is 12.5. The van der Waals surface area contributed by atoms with Crippen molar-refractivity contribution < 1.29 is 4.79 Å². The zero-order valence-electron chi connectivity index (χ0n) is 16.0. The number of nitrogens with zero attached hydrogens (tertiary/aromatic N) is 3. The third-order valence-corrected chi connectivity index (χ3v) is 5.18. The van der Waals surface area contributed by atoms with Crippen molar-refractivity contribution >= 4 is 23.2 Å². The molecule has 1 amide bonds. The molecule has 142 valence electrons. The van der Waals surface area contributed by atoms with Crippen LogP contribution < -0.4 is 5.32 Å². The van der Waals surface area contributed by atoms with Crippen molar-refractivity contribution in [2.24, 2.45) is 7.05 Å². The minimum atomic E-state index is -0.459. The standard InChI is InChI=1S/C22H21ClN4O/c1-14-19(15(2)27(3)26-14)12-22(28)25-17-9-10-18(21(23)11-17)20(13-24)16-7-5-4-6-8-16/h4-11,20H,12H2,1-3H3,(H,25,28). The molecule has 0 saturated carbocycles. The summed E-state index contributed by atoms with van der Waals surface area (Å²) in [6.07, 6.45) is 0.246. The highest BCUT2D eigenvalue weighted by atomic mass is 35.5. The Morgan fingerprint density at radius 3 is 2.54 bits per heavy atom. The van der Waals surface area contributed by atoms with Crippen molar-refractivity contribution in [2.75, 3.05) is 5.32 Å². The van der Waals surface area contributed by atoms with Gasteiger partial charge in [-0.05, 0) is 37.1 Å². The van der Waals surface area contributed by atoms with E-state index in [-0.39, 0.29) is 12.3 Å². The lowest BCUT2D eigenvalue weighted by molar-refractivity contribution is -0.115. The highest BCUT2D eigenvalue weighted by Gasteiger charge is 2.18. The van der Waals surface area contributed by atoms with Gasteiger partial charge in [0.05, 0.1) is 24.1 Å². The fourth-order valence-electron chi connectivity index (χ4n) is 3.25. The van der Waals surface area contributed by atoms with Crippen LogP contribution in [-0.4, -0.2) is 15.7 Å². The summed E-state index contributed by atoms with van der Waals surface area (Å²) in [4.78, 5) is 12.5. The van der Waals surface area contributed by atoms with Crippen LogP contribution in [0.2, 0.25) is 5.02 Å². The van der Waals surface area contributed by atoms with Crippen LogP contribution in [0, 0.1) is 25.2 Å². The minimum absolute atomic E-state index is 0.136. The van der Waals surface area contributed by atoms with E-state index in [4.69, 9.17) is 11.6 Å². The summed E-state index contributed by atoms with van der Waals surface area (Å²) in [7, 11) is 1.86. The molecule has 1 atom stereocenters. The average molecular weight is 393 g/mol. The van der Waals surface area contributed by atoms with Crippen molar-refractivity contribution in [3.8, 4) is 6.07 Å². The van der Waals surface area contributed by atoms with E-state index < -0.39 is 5.92 Å². The lowest BCUT2D eigenvalue weighted by Crippen LogP contribution is -2.15. The number of aromatic nitrogens is 2. The topological polar surface area (TPSA) is 70.7 Å². The Balaban J connectivity index is 1.77. The van der Waals surface area contributed by atoms with E-state index in [0.29, 0.717) is 16.3 Å². The molecule has 0 radical (unpaired) electrons. The molecule has 1 heterocycles. The molecule has 5 nitrogen and oxygen atoms in total. The fourth-order valence-corrected chi connectivity index (χ4v) is 3.54. The van der Waals surface area contributed by atoms with E-state index >= 15 is 0 Å². The number of carbonyl (C=O) groups is 1. The second kappa shape index (κ2) is 8.28. The fraction of sp³-hybridized carbons (Fsp3) is 0.227. The number of nitrogens with one attached hydrogen (secondary N) is 1. The van der Waals surface area contributed by atoms with Crippen molar-refractivity contribution in [1.29, 1.82) is 5.26 Å². The number of hydrogen-bond donors (Lipinski definition) is 1. The summed E-state index contributed by atoms with van der Waals surface area (Å²) >= 11 is 6.43. The van der Waals surface area contributed by atoms with E-state index in [1.54, 1.807) is 22.9 Å². The molecular weight excluding hydrogens is 372 g/mol. The summed E-state index contributed by atoms with van der Waals surface area (Å²) in [6, 6.07) is 17.0. The smallest absolute Gasteiger partial charge is 0.228 e. The van der Waals surface area contributed by atoms with E-state index in [2.05, 4.69) is 16.5 Å². The van der Waals surface area contributed by atoms with Crippen LogP contribution in [0.5, 0.6) is 0 Å². The lowest BCUT2D eigenvalue weighted by Gasteiger charge is -2.13. The van der Waals surface area contributed by atoms with Gasteiger partial charge in [0.15, 0.2) is 0 Å².